The lowest BCUT2D eigenvalue weighted by Crippen LogP contribution is -2.42. The van der Waals surface area contributed by atoms with Crippen LogP contribution in [0.4, 0.5) is 5.82 Å². The van der Waals surface area contributed by atoms with Crippen molar-refractivity contribution in [3.05, 3.63) is 69.1 Å². The summed E-state index contributed by atoms with van der Waals surface area (Å²) in [5.74, 6) is 1.60. The zero-order valence-corrected chi connectivity index (χ0v) is 19.9. The minimum absolute atomic E-state index is 0.00642. The molecule has 0 bridgehead atoms. The molecule has 1 atom stereocenters. The van der Waals surface area contributed by atoms with E-state index in [-0.39, 0.29) is 23.4 Å². The molecular formula is C25H30N4O3S. The average Bonchev–Trinajstić information content (AvgIpc) is 3.39. The zero-order valence-electron chi connectivity index (χ0n) is 19.1. The molecule has 3 aromatic rings. The first kappa shape index (κ1) is 23.0. The van der Waals surface area contributed by atoms with Crippen LogP contribution in [0.25, 0.3) is 5.69 Å². The quantitative estimate of drug-likeness (QED) is 0.539. The summed E-state index contributed by atoms with van der Waals surface area (Å²) in [7, 11) is 1.61. The summed E-state index contributed by atoms with van der Waals surface area (Å²) >= 11 is 1.69. The summed E-state index contributed by atoms with van der Waals surface area (Å²) in [6.07, 6.45) is 3.50. The average molecular weight is 467 g/mol. The molecule has 0 radical (unpaired) electrons. The van der Waals surface area contributed by atoms with Gasteiger partial charge in [0.15, 0.2) is 0 Å². The molecule has 8 heteroatoms. The molecule has 1 amide bonds. The Morgan fingerprint density at radius 1 is 1.18 bits per heavy atom. The highest BCUT2D eigenvalue weighted by atomic mass is 32.1. The number of ether oxygens (including phenoxy) is 1. The van der Waals surface area contributed by atoms with Gasteiger partial charge in [-0.1, -0.05) is 19.4 Å². The summed E-state index contributed by atoms with van der Waals surface area (Å²) in [6, 6.07) is 14.8. The minimum Gasteiger partial charge on any atom is -0.497 e. The standard InChI is InChI=1S/C25H30N4O3S/c1-3-5-21(22-6-4-17-33-22)26-25(31)18-13-15-28(16-14-18)23-11-12-24(30)29(27-23)19-7-9-20(32-2)10-8-19/h4,6-12,17-18,21H,3,5,13-16H2,1-2H3,(H,26,31)/t21-/m0/s1. The summed E-state index contributed by atoms with van der Waals surface area (Å²) in [5.41, 5.74) is 0.501. The lowest BCUT2D eigenvalue weighted by molar-refractivity contribution is -0.126. The minimum atomic E-state index is -0.186. The molecule has 4 rings (SSSR count). The van der Waals surface area contributed by atoms with Gasteiger partial charge in [0.1, 0.15) is 11.6 Å². The van der Waals surface area contributed by atoms with E-state index in [0.29, 0.717) is 5.69 Å². The Hall–Kier alpha value is -3.13. The van der Waals surface area contributed by atoms with E-state index in [0.717, 1.165) is 50.3 Å². The van der Waals surface area contributed by atoms with Gasteiger partial charge in [0, 0.05) is 30.0 Å². The Kier molecular flexibility index (Phi) is 7.44. The second-order valence-corrected chi connectivity index (χ2v) is 9.25. The molecule has 7 nitrogen and oxygen atoms in total. The highest BCUT2D eigenvalue weighted by molar-refractivity contribution is 7.10. The van der Waals surface area contributed by atoms with Crippen molar-refractivity contribution in [3.8, 4) is 11.4 Å². The second-order valence-electron chi connectivity index (χ2n) is 8.27. The van der Waals surface area contributed by atoms with Crippen LogP contribution in [-0.2, 0) is 4.79 Å². The van der Waals surface area contributed by atoms with E-state index >= 15 is 0 Å². The molecule has 33 heavy (non-hydrogen) atoms. The van der Waals surface area contributed by atoms with Crippen molar-refractivity contribution in [3.63, 3.8) is 0 Å². The van der Waals surface area contributed by atoms with Crippen LogP contribution in [0.5, 0.6) is 5.75 Å². The summed E-state index contributed by atoms with van der Waals surface area (Å²) in [4.78, 5) is 28.7. The van der Waals surface area contributed by atoms with Gasteiger partial charge in [-0.05, 0) is 61.0 Å². The third-order valence-electron chi connectivity index (χ3n) is 6.07. The molecule has 1 aliphatic rings. The lowest BCUT2D eigenvalue weighted by atomic mass is 9.95. The number of nitrogens with one attached hydrogen (secondary N) is 1. The Balaban J connectivity index is 1.40. The summed E-state index contributed by atoms with van der Waals surface area (Å²) < 4.78 is 6.60. The van der Waals surface area contributed by atoms with E-state index in [1.807, 2.05) is 30.3 Å². The SMILES string of the molecule is CCC[C@H](NC(=O)C1CCN(c2ccc(=O)n(-c3ccc(OC)cc3)n2)CC1)c1cccs1. The molecule has 1 saturated heterocycles. The van der Waals surface area contributed by atoms with Gasteiger partial charge >= 0.3 is 0 Å². The number of aromatic nitrogens is 2. The van der Waals surface area contributed by atoms with E-state index < -0.39 is 0 Å². The predicted molar refractivity (Wildman–Crippen MR) is 131 cm³/mol. The molecule has 0 spiro atoms. The van der Waals surface area contributed by atoms with Crippen LogP contribution >= 0.6 is 11.3 Å². The molecule has 1 N–H and O–H groups in total. The number of carbonyl (C=O) groups is 1. The second kappa shape index (κ2) is 10.7. The maximum atomic E-state index is 13.0. The molecule has 1 aromatic carbocycles. The van der Waals surface area contributed by atoms with Crippen molar-refractivity contribution in [1.82, 2.24) is 15.1 Å². The van der Waals surface area contributed by atoms with Crippen molar-refractivity contribution in [2.75, 3.05) is 25.1 Å². The normalized spacial score (nSPS) is 15.3. The van der Waals surface area contributed by atoms with Crippen LogP contribution in [0.1, 0.15) is 43.5 Å². The van der Waals surface area contributed by atoms with E-state index in [1.54, 1.807) is 30.6 Å². The van der Waals surface area contributed by atoms with Crippen molar-refractivity contribution in [2.24, 2.45) is 5.92 Å². The maximum absolute atomic E-state index is 13.0. The number of piperidine rings is 1. The van der Waals surface area contributed by atoms with Gasteiger partial charge in [-0.15, -0.1) is 16.4 Å². The Morgan fingerprint density at radius 2 is 1.94 bits per heavy atom. The van der Waals surface area contributed by atoms with Gasteiger partial charge in [0.25, 0.3) is 5.56 Å². The number of amides is 1. The first-order chi connectivity index (χ1) is 16.1. The number of anilines is 1. The molecule has 0 unspecified atom stereocenters. The fourth-order valence-corrected chi connectivity index (χ4v) is 5.02. The fourth-order valence-electron chi connectivity index (χ4n) is 4.20. The maximum Gasteiger partial charge on any atom is 0.271 e. The topological polar surface area (TPSA) is 76.5 Å². The Bertz CT molecular complexity index is 1100. The third kappa shape index (κ3) is 5.45. The molecule has 2 aromatic heterocycles. The number of methoxy groups -OCH3 is 1. The lowest BCUT2D eigenvalue weighted by Gasteiger charge is -2.33. The van der Waals surface area contributed by atoms with Crippen molar-refractivity contribution < 1.29 is 9.53 Å². The smallest absolute Gasteiger partial charge is 0.271 e. The first-order valence-corrected chi connectivity index (χ1v) is 12.3. The first-order valence-electron chi connectivity index (χ1n) is 11.4. The number of hydrogen-bond acceptors (Lipinski definition) is 6. The number of hydrogen-bond donors (Lipinski definition) is 1. The molecule has 1 fully saturated rings. The van der Waals surface area contributed by atoms with Crippen LogP contribution in [0.3, 0.4) is 0 Å². The number of benzene rings is 1. The van der Waals surface area contributed by atoms with Gasteiger partial charge in [-0.25, -0.2) is 0 Å². The highest BCUT2D eigenvalue weighted by Crippen LogP contribution is 2.26. The van der Waals surface area contributed by atoms with E-state index in [9.17, 15) is 9.59 Å². The summed E-state index contributed by atoms with van der Waals surface area (Å²) in [5, 5.41) is 9.92. The van der Waals surface area contributed by atoms with Gasteiger partial charge in [0.05, 0.1) is 18.8 Å². The van der Waals surface area contributed by atoms with Crippen molar-refractivity contribution in [2.45, 2.75) is 38.6 Å². The molecule has 0 aliphatic carbocycles. The van der Waals surface area contributed by atoms with Crippen molar-refractivity contribution >= 4 is 23.1 Å². The van der Waals surface area contributed by atoms with E-state index in [1.165, 1.54) is 9.56 Å². The largest absolute Gasteiger partial charge is 0.497 e. The van der Waals surface area contributed by atoms with Gasteiger partial charge < -0.3 is 15.0 Å². The van der Waals surface area contributed by atoms with E-state index in [2.05, 4.69) is 33.7 Å². The molecule has 0 saturated carbocycles. The number of rotatable bonds is 8. The number of carbonyl (C=O) groups excluding carboxylic acids is 1. The van der Waals surface area contributed by atoms with Crippen LogP contribution in [-0.4, -0.2) is 35.9 Å². The zero-order chi connectivity index (χ0) is 23.2. The molecular weight excluding hydrogens is 436 g/mol. The highest BCUT2D eigenvalue weighted by Gasteiger charge is 2.27. The van der Waals surface area contributed by atoms with E-state index in [4.69, 9.17) is 4.74 Å². The van der Waals surface area contributed by atoms with Gasteiger partial charge in [-0.2, -0.15) is 4.68 Å². The third-order valence-corrected chi connectivity index (χ3v) is 7.06. The Labute approximate surface area is 198 Å². The van der Waals surface area contributed by atoms with Gasteiger partial charge in [0.2, 0.25) is 5.91 Å². The Morgan fingerprint density at radius 3 is 2.58 bits per heavy atom. The van der Waals surface area contributed by atoms with Crippen molar-refractivity contribution in [1.29, 1.82) is 0 Å². The monoisotopic (exact) mass is 466 g/mol. The van der Waals surface area contributed by atoms with Crippen LogP contribution in [0.15, 0.2) is 58.7 Å². The molecule has 1 aliphatic heterocycles. The van der Waals surface area contributed by atoms with Crippen LogP contribution < -0.4 is 20.5 Å². The summed E-state index contributed by atoms with van der Waals surface area (Å²) in [6.45, 7) is 3.59. The molecule has 3 heterocycles. The van der Waals surface area contributed by atoms with Crippen LogP contribution in [0.2, 0.25) is 0 Å². The fraction of sp³-hybridized carbons (Fsp3) is 0.400. The number of nitrogens with zero attached hydrogens (tertiary/aromatic N) is 3. The van der Waals surface area contributed by atoms with Crippen LogP contribution in [0, 0.1) is 5.92 Å². The van der Waals surface area contributed by atoms with Gasteiger partial charge in [-0.3, -0.25) is 9.59 Å². The molecule has 174 valence electrons. The number of thiophene rings is 1. The predicted octanol–water partition coefficient (Wildman–Crippen LogP) is 4.18.